The fraction of sp³-hybridized carbons (Fsp3) is 0. The second-order valence-electron chi connectivity index (χ2n) is 5.88. The smallest absolute Gasteiger partial charge is 0.248 e. The van der Waals surface area contributed by atoms with Crippen LogP contribution in [0.2, 0.25) is 0 Å². The second kappa shape index (κ2) is 7.09. The lowest BCUT2D eigenvalue weighted by molar-refractivity contribution is 0.100. The first-order valence-corrected chi connectivity index (χ1v) is 8.29. The summed E-state index contributed by atoms with van der Waals surface area (Å²) >= 11 is 0. The number of para-hydroxylation sites is 1. The topological polar surface area (TPSA) is 106 Å². The van der Waals surface area contributed by atoms with E-state index in [1.807, 2.05) is 36.4 Å². The largest absolute Gasteiger partial charge is 0.366 e. The molecule has 0 spiro atoms. The van der Waals surface area contributed by atoms with E-state index in [-0.39, 0.29) is 0 Å². The van der Waals surface area contributed by atoms with Gasteiger partial charge in [0.15, 0.2) is 0 Å². The number of nitrogens with zero attached hydrogens (tertiary/aromatic N) is 3. The molecule has 4 aromatic rings. The Bertz CT molecular complexity index is 1130. The molecule has 0 atom stereocenters. The van der Waals surface area contributed by atoms with Gasteiger partial charge in [0.05, 0.1) is 17.4 Å². The van der Waals surface area contributed by atoms with Crippen molar-refractivity contribution in [3.63, 3.8) is 0 Å². The van der Waals surface area contributed by atoms with E-state index in [9.17, 15) is 4.79 Å². The van der Waals surface area contributed by atoms with Crippen molar-refractivity contribution in [3.05, 3.63) is 78.6 Å². The summed E-state index contributed by atoms with van der Waals surface area (Å²) in [6.45, 7) is 0. The highest BCUT2D eigenvalue weighted by atomic mass is 16.1. The molecule has 0 bridgehead atoms. The fourth-order valence-corrected chi connectivity index (χ4v) is 2.66. The summed E-state index contributed by atoms with van der Waals surface area (Å²) in [7, 11) is 0. The highest BCUT2D eigenvalue weighted by Gasteiger charge is 2.05. The van der Waals surface area contributed by atoms with Gasteiger partial charge in [-0.1, -0.05) is 24.3 Å². The number of pyridine rings is 1. The number of hydrogen-bond acceptors (Lipinski definition) is 6. The molecule has 0 saturated heterocycles. The van der Waals surface area contributed by atoms with Crippen LogP contribution in [0, 0.1) is 0 Å². The molecule has 0 fully saturated rings. The molecular formula is C20H16N6O. The van der Waals surface area contributed by atoms with Crippen molar-refractivity contribution >= 4 is 40.0 Å². The van der Waals surface area contributed by atoms with Gasteiger partial charge in [0.25, 0.3) is 0 Å². The molecule has 4 rings (SSSR count). The minimum absolute atomic E-state index is 0.398. The molecule has 2 aromatic carbocycles. The molecule has 132 valence electrons. The number of fused-ring (bicyclic) bond motifs is 1. The molecule has 1 amide bonds. The van der Waals surface area contributed by atoms with Gasteiger partial charge in [-0.25, -0.2) is 4.98 Å². The molecule has 0 unspecified atom stereocenters. The first-order chi connectivity index (χ1) is 13.2. The summed E-state index contributed by atoms with van der Waals surface area (Å²) in [6, 6.07) is 18.5. The van der Waals surface area contributed by atoms with Gasteiger partial charge in [0.1, 0.15) is 5.82 Å². The fourth-order valence-electron chi connectivity index (χ4n) is 2.66. The average Bonchev–Trinajstić information content (AvgIpc) is 2.68. The van der Waals surface area contributed by atoms with E-state index in [1.54, 1.807) is 36.7 Å². The van der Waals surface area contributed by atoms with Crippen LogP contribution in [-0.2, 0) is 0 Å². The van der Waals surface area contributed by atoms with Gasteiger partial charge >= 0.3 is 0 Å². The second-order valence-corrected chi connectivity index (χ2v) is 5.88. The van der Waals surface area contributed by atoms with Crippen LogP contribution < -0.4 is 16.4 Å². The lowest BCUT2D eigenvalue weighted by Gasteiger charge is -2.09. The number of nitrogens with two attached hydrogens (primary N) is 1. The van der Waals surface area contributed by atoms with E-state index in [1.165, 1.54) is 0 Å². The van der Waals surface area contributed by atoms with Gasteiger partial charge < -0.3 is 16.4 Å². The molecule has 0 aliphatic rings. The number of benzene rings is 2. The van der Waals surface area contributed by atoms with Gasteiger partial charge in [-0.2, -0.15) is 4.98 Å². The summed E-state index contributed by atoms with van der Waals surface area (Å²) < 4.78 is 0. The highest BCUT2D eigenvalue weighted by molar-refractivity contribution is 5.93. The zero-order chi connectivity index (χ0) is 18.6. The number of nitrogens with one attached hydrogen (secondary N) is 2. The number of amides is 1. The van der Waals surface area contributed by atoms with Crippen molar-refractivity contribution in [2.24, 2.45) is 5.73 Å². The number of aromatic nitrogens is 3. The third-order valence-electron chi connectivity index (χ3n) is 3.92. The van der Waals surface area contributed by atoms with E-state index in [0.717, 1.165) is 16.6 Å². The Morgan fingerprint density at radius 2 is 1.78 bits per heavy atom. The normalized spacial score (nSPS) is 10.5. The molecule has 0 aliphatic carbocycles. The summed E-state index contributed by atoms with van der Waals surface area (Å²) in [6.07, 6.45) is 3.40. The predicted octanol–water partition coefficient (Wildman–Crippen LogP) is 3.61. The molecule has 2 heterocycles. The minimum atomic E-state index is -0.487. The van der Waals surface area contributed by atoms with Gasteiger partial charge in [-0.15, -0.1) is 0 Å². The van der Waals surface area contributed by atoms with Crippen molar-refractivity contribution in [2.75, 3.05) is 10.6 Å². The first kappa shape index (κ1) is 16.5. The standard InChI is InChI=1S/C20H16N6O/c21-19(27)14-5-3-6-15(11-14)25-20-22-9-8-18(26-20)24-16-10-13-4-1-2-7-17(13)23-12-16/h1-12H,(H2,21,27)(H2,22,24,25,26). The lowest BCUT2D eigenvalue weighted by atomic mass is 10.2. The maximum absolute atomic E-state index is 11.3. The van der Waals surface area contributed by atoms with Crippen LogP contribution in [0.4, 0.5) is 23.1 Å². The lowest BCUT2D eigenvalue weighted by Crippen LogP contribution is -2.11. The van der Waals surface area contributed by atoms with Crippen molar-refractivity contribution in [1.29, 1.82) is 0 Å². The van der Waals surface area contributed by atoms with Crippen molar-refractivity contribution in [3.8, 4) is 0 Å². The van der Waals surface area contributed by atoms with Crippen LogP contribution in [0.5, 0.6) is 0 Å². The number of hydrogen-bond donors (Lipinski definition) is 3. The number of anilines is 4. The van der Waals surface area contributed by atoms with Gasteiger partial charge in [-0.3, -0.25) is 9.78 Å². The maximum Gasteiger partial charge on any atom is 0.248 e. The van der Waals surface area contributed by atoms with Crippen LogP contribution in [0.15, 0.2) is 73.1 Å². The van der Waals surface area contributed by atoms with Gasteiger partial charge in [0.2, 0.25) is 11.9 Å². The monoisotopic (exact) mass is 356 g/mol. The first-order valence-electron chi connectivity index (χ1n) is 8.29. The Balaban J connectivity index is 1.55. The van der Waals surface area contributed by atoms with E-state index >= 15 is 0 Å². The summed E-state index contributed by atoms with van der Waals surface area (Å²) in [5, 5.41) is 7.33. The van der Waals surface area contributed by atoms with E-state index in [2.05, 4.69) is 25.6 Å². The van der Waals surface area contributed by atoms with Gasteiger partial charge in [-0.05, 0) is 36.4 Å². The van der Waals surface area contributed by atoms with Crippen LogP contribution in [-0.4, -0.2) is 20.9 Å². The number of primary amides is 1. The van der Waals surface area contributed by atoms with Gasteiger partial charge in [0, 0.05) is 22.8 Å². The summed E-state index contributed by atoms with van der Waals surface area (Å²) in [5.41, 5.74) is 8.16. The zero-order valence-corrected chi connectivity index (χ0v) is 14.3. The number of rotatable bonds is 5. The third-order valence-corrected chi connectivity index (χ3v) is 3.92. The minimum Gasteiger partial charge on any atom is -0.366 e. The number of carbonyl (C=O) groups excluding carboxylic acids is 1. The predicted molar refractivity (Wildman–Crippen MR) is 105 cm³/mol. The Labute approximate surface area is 155 Å². The Morgan fingerprint density at radius 3 is 2.67 bits per heavy atom. The molecule has 2 aromatic heterocycles. The SMILES string of the molecule is NC(=O)c1cccc(Nc2nccc(Nc3cnc4ccccc4c3)n2)c1. The zero-order valence-electron chi connectivity index (χ0n) is 14.3. The van der Waals surface area contributed by atoms with Crippen LogP contribution >= 0.6 is 0 Å². The van der Waals surface area contributed by atoms with Crippen molar-refractivity contribution < 1.29 is 4.79 Å². The molecule has 0 saturated carbocycles. The third kappa shape index (κ3) is 3.82. The average molecular weight is 356 g/mol. The van der Waals surface area contributed by atoms with E-state index in [4.69, 9.17) is 5.73 Å². The van der Waals surface area contributed by atoms with E-state index in [0.29, 0.717) is 23.0 Å². The molecule has 0 aliphatic heterocycles. The molecule has 4 N–H and O–H groups in total. The molecule has 7 heteroatoms. The molecular weight excluding hydrogens is 340 g/mol. The van der Waals surface area contributed by atoms with E-state index < -0.39 is 5.91 Å². The molecule has 27 heavy (non-hydrogen) atoms. The quantitative estimate of drug-likeness (QED) is 0.504. The summed E-state index contributed by atoms with van der Waals surface area (Å²) in [4.78, 5) is 24.4. The highest BCUT2D eigenvalue weighted by Crippen LogP contribution is 2.21. The maximum atomic E-state index is 11.3. The Hall–Kier alpha value is -4.00. The van der Waals surface area contributed by atoms with Crippen molar-refractivity contribution in [2.45, 2.75) is 0 Å². The van der Waals surface area contributed by atoms with Crippen molar-refractivity contribution in [1.82, 2.24) is 15.0 Å². The van der Waals surface area contributed by atoms with Crippen LogP contribution in [0.3, 0.4) is 0 Å². The van der Waals surface area contributed by atoms with Crippen LogP contribution in [0.25, 0.3) is 10.9 Å². The van der Waals surface area contributed by atoms with Crippen LogP contribution in [0.1, 0.15) is 10.4 Å². The summed E-state index contributed by atoms with van der Waals surface area (Å²) in [5.74, 6) is 0.532. The Morgan fingerprint density at radius 1 is 0.889 bits per heavy atom. The Kier molecular flexibility index (Phi) is 4.32. The molecule has 0 radical (unpaired) electrons. The number of carbonyl (C=O) groups is 1. The molecule has 7 nitrogen and oxygen atoms in total.